The molecule has 0 fully saturated rings. The van der Waals surface area contributed by atoms with Gasteiger partial charge in [0.25, 0.3) is 0 Å². The first-order valence-electron chi connectivity index (χ1n) is 3.99. The highest BCUT2D eigenvalue weighted by Gasteiger charge is 1.98. The maximum absolute atomic E-state index is 10.7. The van der Waals surface area contributed by atoms with Gasteiger partial charge in [0.15, 0.2) is 0 Å². The molecule has 0 bridgehead atoms. The Hall–Kier alpha value is -1.42. The highest BCUT2D eigenvalue weighted by atomic mass is 16.5. The minimum absolute atomic E-state index is 0.228. The molecule has 0 radical (unpaired) electrons. The van der Waals surface area contributed by atoms with Crippen LogP contribution in [0.3, 0.4) is 0 Å². The summed E-state index contributed by atoms with van der Waals surface area (Å²) in [4.78, 5) is 14.6. The first kappa shape index (κ1) is 9.67. The zero-order valence-corrected chi connectivity index (χ0v) is 7.49. The molecule has 1 N–H and O–H groups in total. The number of rotatable bonds is 4. The summed E-state index contributed by atoms with van der Waals surface area (Å²) in [6.45, 7) is 0.855. The molecule has 1 heterocycles. The molecule has 4 nitrogen and oxygen atoms in total. The van der Waals surface area contributed by atoms with Crippen molar-refractivity contribution in [3.8, 4) is 0 Å². The van der Waals surface area contributed by atoms with Crippen LogP contribution in [-0.4, -0.2) is 24.6 Å². The van der Waals surface area contributed by atoms with Gasteiger partial charge in [0, 0.05) is 18.9 Å². The van der Waals surface area contributed by atoms with Gasteiger partial charge in [-0.2, -0.15) is 0 Å². The monoisotopic (exact) mass is 180 g/mol. The maximum atomic E-state index is 10.7. The third-order valence-electron chi connectivity index (χ3n) is 1.55. The topological polar surface area (TPSA) is 51.2 Å². The van der Waals surface area contributed by atoms with Crippen molar-refractivity contribution in [3.63, 3.8) is 0 Å². The van der Waals surface area contributed by atoms with Crippen LogP contribution in [0.25, 0.3) is 0 Å². The van der Waals surface area contributed by atoms with Crippen LogP contribution < -0.4 is 5.32 Å². The summed E-state index contributed by atoms with van der Waals surface area (Å²) in [5.41, 5.74) is 1.05. The molecule has 0 saturated carbocycles. The Balaban J connectivity index is 2.24. The molecular weight excluding hydrogens is 168 g/mol. The van der Waals surface area contributed by atoms with E-state index >= 15 is 0 Å². The molecule has 0 aliphatic rings. The number of nitrogens with zero attached hydrogens (tertiary/aromatic N) is 1. The smallest absolute Gasteiger partial charge is 0.319 e. The number of ether oxygens (including phenoxy) is 1. The van der Waals surface area contributed by atoms with Crippen LogP contribution in [0.2, 0.25) is 0 Å². The molecule has 0 aliphatic heterocycles. The number of hydrogen-bond acceptors (Lipinski definition) is 4. The quantitative estimate of drug-likeness (QED) is 0.679. The fraction of sp³-hybridized carbons (Fsp3) is 0.333. The number of hydrogen-bond donors (Lipinski definition) is 1. The van der Waals surface area contributed by atoms with E-state index in [2.05, 4.69) is 15.0 Å². The van der Waals surface area contributed by atoms with E-state index < -0.39 is 0 Å². The van der Waals surface area contributed by atoms with Crippen molar-refractivity contribution < 1.29 is 9.53 Å². The first-order chi connectivity index (χ1) is 6.33. The molecule has 70 valence electrons. The molecule has 0 amide bonds. The van der Waals surface area contributed by atoms with Gasteiger partial charge in [0.05, 0.1) is 13.7 Å². The van der Waals surface area contributed by atoms with Crippen LogP contribution >= 0.6 is 0 Å². The molecule has 0 atom stereocenters. The van der Waals surface area contributed by atoms with E-state index in [4.69, 9.17) is 0 Å². The highest BCUT2D eigenvalue weighted by Crippen LogP contribution is 1.93. The molecule has 0 spiro atoms. The lowest BCUT2D eigenvalue weighted by Crippen LogP contribution is -2.23. The molecule has 1 aromatic rings. The number of pyridine rings is 1. The fourth-order valence-electron chi connectivity index (χ4n) is 0.884. The molecule has 0 aromatic carbocycles. The summed E-state index contributed by atoms with van der Waals surface area (Å²) in [6, 6.07) is 3.80. The standard InChI is InChI=1S/C9H12N2O2/c1-13-9(12)7-11-6-8-3-2-4-10-5-8/h2-5,11H,6-7H2,1H3. The average molecular weight is 180 g/mol. The van der Waals surface area contributed by atoms with Gasteiger partial charge in [0.1, 0.15) is 0 Å². The van der Waals surface area contributed by atoms with Crippen LogP contribution in [-0.2, 0) is 16.1 Å². The molecular formula is C9H12N2O2. The van der Waals surface area contributed by atoms with Gasteiger partial charge in [0.2, 0.25) is 0 Å². The van der Waals surface area contributed by atoms with Crippen molar-refractivity contribution in [2.24, 2.45) is 0 Å². The van der Waals surface area contributed by atoms with E-state index in [9.17, 15) is 4.79 Å². The van der Waals surface area contributed by atoms with E-state index in [1.807, 2.05) is 12.1 Å². The summed E-state index contributed by atoms with van der Waals surface area (Å²) < 4.78 is 4.47. The summed E-state index contributed by atoms with van der Waals surface area (Å²) in [7, 11) is 1.37. The van der Waals surface area contributed by atoms with E-state index in [0.29, 0.717) is 6.54 Å². The zero-order chi connectivity index (χ0) is 9.52. The Morgan fingerprint density at radius 1 is 1.69 bits per heavy atom. The summed E-state index contributed by atoms with van der Waals surface area (Å²) in [6.07, 6.45) is 3.47. The summed E-state index contributed by atoms with van der Waals surface area (Å²) in [5.74, 6) is -0.260. The van der Waals surface area contributed by atoms with Crippen molar-refractivity contribution in [2.45, 2.75) is 6.54 Å². The van der Waals surface area contributed by atoms with E-state index in [-0.39, 0.29) is 12.5 Å². The van der Waals surface area contributed by atoms with Crippen LogP contribution in [0.5, 0.6) is 0 Å². The van der Waals surface area contributed by atoms with Gasteiger partial charge in [-0.3, -0.25) is 9.78 Å². The van der Waals surface area contributed by atoms with Gasteiger partial charge in [-0.15, -0.1) is 0 Å². The second kappa shape index (κ2) is 5.27. The number of nitrogens with one attached hydrogen (secondary N) is 1. The summed E-state index contributed by atoms with van der Waals surface area (Å²) in [5, 5.41) is 2.94. The van der Waals surface area contributed by atoms with Gasteiger partial charge in [-0.05, 0) is 11.6 Å². The Labute approximate surface area is 76.9 Å². The predicted octanol–water partition coefficient (Wildman–Crippen LogP) is 0.344. The number of carbonyl (C=O) groups is 1. The lowest BCUT2D eigenvalue weighted by atomic mass is 10.3. The van der Waals surface area contributed by atoms with Crippen LogP contribution in [0.4, 0.5) is 0 Å². The Kier molecular flexibility index (Phi) is 3.92. The molecule has 1 rings (SSSR count). The minimum atomic E-state index is -0.260. The zero-order valence-electron chi connectivity index (χ0n) is 7.49. The number of aromatic nitrogens is 1. The number of carbonyl (C=O) groups excluding carboxylic acids is 1. The van der Waals surface area contributed by atoms with E-state index in [1.165, 1.54) is 7.11 Å². The molecule has 0 unspecified atom stereocenters. The Morgan fingerprint density at radius 2 is 2.54 bits per heavy atom. The van der Waals surface area contributed by atoms with Crippen LogP contribution in [0.1, 0.15) is 5.56 Å². The molecule has 1 aromatic heterocycles. The Morgan fingerprint density at radius 3 is 3.15 bits per heavy atom. The lowest BCUT2D eigenvalue weighted by molar-refractivity contribution is -0.139. The first-order valence-corrected chi connectivity index (χ1v) is 3.99. The third kappa shape index (κ3) is 3.66. The van der Waals surface area contributed by atoms with Gasteiger partial charge in [-0.1, -0.05) is 6.07 Å². The predicted molar refractivity (Wildman–Crippen MR) is 48.0 cm³/mol. The van der Waals surface area contributed by atoms with Gasteiger partial charge < -0.3 is 10.1 Å². The minimum Gasteiger partial charge on any atom is -0.468 e. The van der Waals surface area contributed by atoms with Crippen molar-refractivity contribution in [2.75, 3.05) is 13.7 Å². The number of methoxy groups -OCH3 is 1. The number of esters is 1. The van der Waals surface area contributed by atoms with Crippen LogP contribution in [0, 0.1) is 0 Å². The van der Waals surface area contributed by atoms with Crippen molar-refractivity contribution in [1.29, 1.82) is 0 Å². The molecule has 4 heteroatoms. The second-order valence-corrected chi connectivity index (χ2v) is 2.54. The fourth-order valence-corrected chi connectivity index (χ4v) is 0.884. The highest BCUT2D eigenvalue weighted by molar-refractivity contribution is 5.71. The summed E-state index contributed by atoms with van der Waals surface area (Å²) >= 11 is 0. The SMILES string of the molecule is COC(=O)CNCc1cccnc1. The molecule has 0 saturated heterocycles. The maximum Gasteiger partial charge on any atom is 0.319 e. The third-order valence-corrected chi connectivity index (χ3v) is 1.55. The Bertz CT molecular complexity index is 262. The van der Waals surface area contributed by atoms with E-state index in [0.717, 1.165) is 5.56 Å². The molecule has 0 aliphatic carbocycles. The average Bonchev–Trinajstić information content (AvgIpc) is 2.19. The van der Waals surface area contributed by atoms with Crippen molar-refractivity contribution in [3.05, 3.63) is 30.1 Å². The molecule has 13 heavy (non-hydrogen) atoms. The van der Waals surface area contributed by atoms with Crippen molar-refractivity contribution in [1.82, 2.24) is 10.3 Å². The van der Waals surface area contributed by atoms with Crippen molar-refractivity contribution >= 4 is 5.97 Å². The van der Waals surface area contributed by atoms with Gasteiger partial charge in [-0.25, -0.2) is 0 Å². The second-order valence-electron chi connectivity index (χ2n) is 2.54. The van der Waals surface area contributed by atoms with E-state index in [1.54, 1.807) is 12.4 Å². The largest absolute Gasteiger partial charge is 0.468 e. The van der Waals surface area contributed by atoms with Crippen LogP contribution in [0.15, 0.2) is 24.5 Å². The van der Waals surface area contributed by atoms with Gasteiger partial charge >= 0.3 is 5.97 Å². The normalized spacial score (nSPS) is 9.62. The lowest BCUT2D eigenvalue weighted by Gasteiger charge is -2.02.